The van der Waals surface area contributed by atoms with Gasteiger partial charge < -0.3 is 15.4 Å². The number of anilines is 1. The predicted octanol–water partition coefficient (Wildman–Crippen LogP) is 3.34. The largest absolute Gasteiger partial charge is 0.377 e. The highest BCUT2D eigenvalue weighted by Crippen LogP contribution is 2.28. The van der Waals surface area contributed by atoms with Crippen molar-refractivity contribution in [2.45, 2.75) is 45.3 Å². The van der Waals surface area contributed by atoms with Gasteiger partial charge in [-0.2, -0.15) is 0 Å². The molecule has 1 aromatic rings. The first-order chi connectivity index (χ1) is 9.60. The fourth-order valence-corrected chi connectivity index (χ4v) is 3.31. The summed E-state index contributed by atoms with van der Waals surface area (Å²) < 4.78 is 6.92. The van der Waals surface area contributed by atoms with Crippen LogP contribution in [0.15, 0.2) is 22.7 Å². The van der Waals surface area contributed by atoms with E-state index in [2.05, 4.69) is 52.9 Å². The van der Waals surface area contributed by atoms with E-state index in [-0.39, 0.29) is 6.04 Å². The highest BCUT2D eigenvalue weighted by atomic mass is 79.9. The van der Waals surface area contributed by atoms with Crippen LogP contribution >= 0.6 is 15.9 Å². The molecule has 2 atom stereocenters. The quantitative estimate of drug-likeness (QED) is 0.893. The van der Waals surface area contributed by atoms with Crippen LogP contribution in [0.25, 0.3) is 0 Å². The summed E-state index contributed by atoms with van der Waals surface area (Å²) >= 11 is 3.56. The van der Waals surface area contributed by atoms with Crippen LogP contribution in [0.1, 0.15) is 32.3 Å². The summed E-state index contributed by atoms with van der Waals surface area (Å²) in [6.07, 6.45) is 3.63. The minimum Gasteiger partial charge on any atom is -0.377 e. The van der Waals surface area contributed by atoms with Crippen molar-refractivity contribution in [3.63, 3.8) is 0 Å². The molecule has 1 aromatic carbocycles. The second kappa shape index (κ2) is 7.43. The summed E-state index contributed by atoms with van der Waals surface area (Å²) in [5, 5.41) is 0. The lowest BCUT2D eigenvalue weighted by molar-refractivity contribution is 0.0526. The number of hydrogen-bond donors (Lipinski definition) is 1. The Labute approximate surface area is 130 Å². The molecule has 1 aliphatic rings. The Morgan fingerprint density at radius 3 is 3.00 bits per heavy atom. The van der Waals surface area contributed by atoms with Crippen LogP contribution in [0.5, 0.6) is 0 Å². The fraction of sp³-hybridized carbons (Fsp3) is 0.625. The number of benzene rings is 1. The van der Waals surface area contributed by atoms with Crippen molar-refractivity contribution < 1.29 is 4.74 Å². The Morgan fingerprint density at radius 1 is 1.50 bits per heavy atom. The lowest BCUT2D eigenvalue weighted by atomic mass is 10.0. The summed E-state index contributed by atoms with van der Waals surface area (Å²) in [6.45, 7) is 7.02. The number of halogens is 1. The van der Waals surface area contributed by atoms with Crippen LogP contribution in [0.2, 0.25) is 0 Å². The normalized spacial score (nSPS) is 21.0. The van der Waals surface area contributed by atoms with Crippen LogP contribution in [-0.2, 0) is 11.2 Å². The molecule has 2 unspecified atom stereocenters. The molecular weight excluding hydrogens is 316 g/mol. The number of ether oxygens (including phenoxy) is 1. The zero-order valence-electron chi connectivity index (χ0n) is 12.4. The summed E-state index contributed by atoms with van der Waals surface area (Å²) in [5.74, 6) is 0. The molecule has 0 saturated carbocycles. The van der Waals surface area contributed by atoms with E-state index >= 15 is 0 Å². The Hall–Kier alpha value is -0.580. The van der Waals surface area contributed by atoms with E-state index < -0.39 is 0 Å². The van der Waals surface area contributed by atoms with Crippen molar-refractivity contribution in [1.82, 2.24) is 0 Å². The standard InChI is InChI=1S/C16H25BrN2O/c1-3-20-15-5-4-8-19(11-15)16-7-6-14(17)10-13(16)9-12(2)18/h6-7,10,12,15H,3-5,8-9,11,18H2,1-2H3. The first kappa shape index (κ1) is 15.8. The number of nitrogens with two attached hydrogens (primary N) is 1. The molecule has 0 amide bonds. The maximum Gasteiger partial charge on any atom is 0.0750 e. The summed E-state index contributed by atoms with van der Waals surface area (Å²) in [6, 6.07) is 6.69. The maximum atomic E-state index is 5.99. The first-order valence-electron chi connectivity index (χ1n) is 7.50. The van der Waals surface area contributed by atoms with E-state index in [9.17, 15) is 0 Å². The lowest BCUT2D eigenvalue weighted by Crippen LogP contribution is -2.40. The second-order valence-corrected chi connectivity index (χ2v) is 6.54. The van der Waals surface area contributed by atoms with Gasteiger partial charge in [-0.15, -0.1) is 0 Å². The first-order valence-corrected chi connectivity index (χ1v) is 8.30. The molecule has 1 aliphatic heterocycles. The van der Waals surface area contributed by atoms with Crippen LogP contribution < -0.4 is 10.6 Å². The minimum absolute atomic E-state index is 0.176. The van der Waals surface area contributed by atoms with Gasteiger partial charge in [0.25, 0.3) is 0 Å². The highest BCUT2D eigenvalue weighted by Gasteiger charge is 2.22. The maximum absolute atomic E-state index is 5.99. The predicted molar refractivity (Wildman–Crippen MR) is 88.4 cm³/mol. The van der Waals surface area contributed by atoms with E-state index in [1.165, 1.54) is 24.1 Å². The monoisotopic (exact) mass is 340 g/mol. The minimum atomic E-state index is 0.176. The Balaban J connectivity index is 2.18. The van der Waals surface area contributed by atoms with Crippen LogP contribution in [0, 0.1) is 0 Å². The molecule has 1 heterocycles. The number of rotatable bonds is 5. The second-order valence-electron chi connectivity index (χ2n) is 5.62. The molecule has 2 rings (SSSR count). The van der Waals surface area contributed by atoms with Crippen molar-refractivity contribution in [1.29, 1.82) is 0 Å². The van der Waals surface area contributed by atoms with Crippen LogP contribution in [0.4, 0.5) is 5.69 Å². The van der Waals surface area contributed by atoms with Gasteiger partial charge in [-0.25, -0.2) is 0 Å². The van der Waals surface area contributed by atoms with Gasteiger partial charge >= 0.3 is 0 Å². The molecule has 1 fully saturated rings. The van der Waals surface area contributed by atoms with E-state index in [1.807, 2.05) is 0 Å². The molecular formula is C16H25BrN2O. The Kier molecular flexibility index (Phi) is 5.87. The van der Waals surface area contributed by atoms with Gasteiger partial charge in [0.1, 0.15) is 0 Å². The van der Waals surface area contributed by atoms with Gasteiger partial charge in [0.05, 0.1) is 6.10 Å². The number of hydrogen-bond acceptors (Lipinski definition) is 3. The van der Waals surface area contributed by atoms with Crippen molar-refractivity contribution in [3.05, 3.63) is 28.2 Å². The van der Waals surface area contributed by atoms with Crippen molar-refractivity contribution in [3.8, 4) is 0 Å². The van der Waals surface area contributed by atoms with Crippen LogP contribution in [0.3, 0.4) is 0 Å². The average Bonchev–Trinajstić information content (AvgIpc) is 2.39. The molecule has 0 aromatic heterocycles. The smallest absolute Gasteiger partial charge is 0.0750 e. The summed E-state index contributed by atoms with van der Waals surface area (Å²) in [5.41, 5.74) is 8.63. The summed E-state index contributed by atoms with van der Waals surface area (Å²) in [7, 11) is 0. The van der Waals surface area contributed by atoms with Gasteiger partial charge in [0.2, 0.25) is 0 Å². The van der Waals surface area contributed by atoms with E-state index in [0.29, 0.717) is 6.10 Å². The zero-order valence-corrected chi connectivity index (χ0v) is 14.0. The molecule has 0 bridgehead atoms. The molecule has 2 N–H and O–H groups in total. The molecule has 0 radical (unpaired) electrons. The Bertz CT molecular complexity index is 434. The molecule has 0 spiro atoms. The number of piperidine rings is 1. The average molecular weight is 341 g/mol. The van der Waals surface area contributed by atoms with Crippen molar-refractivity contribution in [2.75, 3.05) is 24.6 Å². The summed E-state index contributed by atoms with van der Waals surface area (Å²) in [4.78, 5) is 2.45. The van der Waals surface area contributed by atoms with E-state index in [0.717, 1.165) is 30.6 Å². The van der Waals surface area contributed by atoms with Crippen LogP contribution in [-0.4, -0.2) is 31.8 Å². The van der Waals surface area contributed by atoms with Crippen molar-refractivity contribution in [2.24, 2.45) is 5.73 Å². The van der Waals surface area contributed by atoms with Gasteiger partial charge in [0, 0.05) is 35.9 Å². The topological polar surface area (TPSA) is 38.5 Å². The Morgan fingerprint density at radius 2 is 2.30 bits per heavy atom. The van der Waals surface area contributed by atoms with E-state index in [4.69, 9.17) is 10.5 Å². The third-order valence-electron chi connectivity index (χ3n) is 3.70. The lowest BCUT2D eigenvalue weighted by Gasteiger charge is -2.35. The zero-order chi connectivity index (χ0) is 14.5. The van der Waals surface area contributed by atoms with Crippen molar-refractivity contribution >= 4 is 21.6 Å². The van der Waals surface area contributed by atoms with Gasteiger partial charge in [-0.1, -0.05) is 15.9 Å². The fourth-order valence-electron chi connectivity index (χ4n) is 2.90. The van der Waals surface area contributed by atoms with Gasteiger partial charge in [-0.05, 0) is 56.9 Å². The molecule has 1 saturated heterocycles. The van der Waals surface area contributed by atoms with Gasteiger partial charge in [-0.3, -0.25) is 0 Å². The van der Waals surface area contributed by atoms with E-state index in [1.54, 1.807) is 0 Å². The third kappa shape index (κ3) is 4.21. The number of nitrogens with zero attached hydrogens (tertiary/aromatic N) is 1. The SMILES string of the molecule is CCOC1CCCN(c2ccc(Br)cc2CC(C)N)C1. The molecule has 3 nitrogen and oxygen atoms in total. The molecule has 20 heavy (non-hydrogen) atoms. The highest BCUT2D eigenvalue weighted by molar-refractivity contribution is 9.10. The third-order valence-corrected chi connectivity index (χ3v) is 4.20. The molecule has 0 aliphatic carbocycles. The molecule has 4 heteroatoms. The van der Waals surface area contributed by atoms with Gasteiger partial charge in [0.15, 0.2) is 0 Å². The molecule has 112 valence electrons.